The molecule has 15 heavy (non-hydrogen) atoms. The van der Waals surface area contributed by atoms with Gasteiger partial charge in [0, 0.05) is 6.54 Å². The predicted octanol–water partition coefficient (Wildman–Crippen LogP) is 1.95. The number of amides is 1. The SMILES string of the molecule is CCCC(C)(C)CNC(=O)C(CC)CO. The van der Waals surface area contributed by atoms with E-state index < -0.39 is 0 Å². The normalized spacial score (nSPS) is 13.7. The zero-order chi connectivity index (χ0) is 11.9. The van der Waals surface area contributed by atoms with Crippen LogP contribution in [-0.2, 0) is 4.79 Å². The Hall–Kier alpha value is -0.570. The van der Waals surface area contributed by atoms with E-state index in [1.165, 1.54) is 0 Å². The monoisotopic (exact) mass is 215 g/mol. The quantitative estimate of drug-likeness (QED) is 0.682. The van der Waals surface area contributed by atoms with Gasteiger partial charge in [-0.3, -0.25) is 4.79 Å². The Kier molecular flexibility index (Phi) is 6.57. The molecule has 0 aliphatic rings. The first kappa shape index (κ1) is 14.4. The highest BCUT2D eigenvalue weighted by Gasteiger charge is 2.20. The summed E-state index contributed by atoms with van der Waals surface area (Å²) in [6.07, 6.45) is 2.92. The number of aliphatic hydroxyl groups is 1. The van der Waals surface area contributed by atoms with Crippen LogP contribution in [0.4, 0.5) is 0 Å². The molecule has 1 unspecified atom stereocenters. The molecule has 1 amide bonds. The first-order valence-electron chi connectivity index (χ1n) is 5.85. The molecule has 90 valence electrons. The molecule has 2 N–H and O–H groups in total. The summed E-state index contributed by atoms with van der Waals surface area (Å²) in [6.45, 7) is 8.99. The van der Waals surface area contributed by atoms with Crippen molar-refractivity contribution in [3.8, 4) is 0 Å². The molecule has 0 aromatic rings. The van der Waals surface area contributed by atoms with Gasteiger partial charge < -0.3 is 10.4 Å². The van der Waals surface area contributed by atoms with Crippen molar-refractivity contribution in [3.63, 3.8) is 0 Å². The van der Waals surface area contributed by atoms with Gasteiger partial charge in [-0.25, -0.2) is 0 Å². The summed E-state index contributed by atoms with van der Waals surface area (Å²) in [5.41, 5.74) is 0.151. The lowest BCUT2D eigenvalue weighted by atomic mass is 9.88. The second-order valence-corrected chi connectivity index (χ2v) is 4.92. The Morgan fingerprint density at radius 3 is 2.40 bits per heavy atom. The third kappa shape index (κ3) is 5.78. The van der Waals surface area contributed by atoms with Crippen molar-refractivity contribution in [2.24, 2.45) is 11.3 Å². The zero-order valence-electron chi connectivity index (χ0n) is 10.5. The van der Waals surface area contributed by atoms with Crippen LogP contribution < -0.4 is 5.32 Å². The first-order chi connectivity index (χ1) is 6.96. The minimum absolute atomic E-state index is 0.0239. The van der Waals surface area contributed by atoms with Crippen LogP contribution >= 0.6 is 0 Å². The van der Waals surface area contributed by atoms with Gasteiger partial charge in [0.05, 0.1) is 12.5 Å². The van der Waals surface area contributed by atoms with Gasteiger partial charge in [-0.05, 0) is 18.3 Å². The minimum atomic E-state index is -0.248. The fourth-order valence-corrected chi connectivity index (χ4v) is 1.63. The van der Waals surface area contributed by atoms with Gasteiger partial charge in [-0.2, -0.15) is 0 Å². The molecule has 0 aromatic heterocycles. The molecular formula is C12H25NO2. The minimum Gasteiger partial charge on any atom is -0.396 e. The van der Waals surface area contributed by atoms with Crippen molar-refractivity contribution in [3.05, 3.63) is 0 Å². The molecule has 3 heteroatoms. The Morgan fingerprint density at radius 1 is 1.40 bits per heavy atom. The van der Waals surface area contributed by atoms with Gasteiger partial charge in [0.25, 0.3) is 0 Å². The summed E-state index contributed by atoms with van der Waals surface area (Å²) in [4.78, 5) is 11.6. The molecule has 0 aliphatic carbocycles. The molecule has 0 saturated carbocycles. The summed E-state index contributed by atoms with van der Waals surface area (Å²) in [5.74, 6) is -0.272. The topological polar surface area (TPSA) is 49.3 Å². The molecule has 0 fully saturated rings. The van der Waals surface area contributed by atoms with Gasteiger partial charge in [-0.1, -0.05) is 34.1 Å². The van der Waals surface area contributed by atoms with Crippen molar-refractivity contribution >= 4 is 5.91 Å². The third-order valence-corrected chi connectivity index (χ3v) is 2.75. The van der Waals surface area contributed by atoms with Crippen LogP contribution in [0.25, 0.3) is 0 Å². The average molecular weight is 215 g/mol. The van der Waals surface area contributed by atoms with E-state index in [-0.39, 0.29) is 23.8 Å². The maximum atomic E-state index is 11.6. The molecule has 0 aliphatic heterocycles. The molecule has 0 radical (unpaired) electrons. The van der Waals surface area contributed by atoms with Crippen LogP contribution in [0.15, 0.2) is 0 Å². The van der Waals surface area contributed by atoms with E-state index in [1.807, 2.05) is 6.92 Å². The Bertz CT molecular complexity index is 186. The van der Waals surface area contributed by atoms with Crippen LogP contribution in [0.2, 0.25) is 0 Å². The number of hydrogen-bond donors (Lipinski definition) is 2. The van der Waals surface area contributed by atoms with E-state index in [0.29, 0.717) is 13.0 Å². The number of hydrogen-bond acceptors (Lipinski definition) is 2. The van der Waals surface area contributed by atoms with Crippen molar-refractivity contribution in [1.82, 2.24) is 5.32 Å². The molecule has 0 bridgehead atoms. The van der Waals surface area contributed by atoms with E-state index in [4.69, 9.17) is 5.11 Å². The number of carbonyl (C=O) groups is 1. The van der Waals surface area contributed by atoms with Crippen molar-refractivity contribution in [1.29, 1.82) is 0 Å². The zero-order valence-corrected chi connectivity index (χ0v) is 10.5. The molecular weight excluding hydrogens is 190 g/mol. The predicted molar refractivity (Wildman–Crippen MR) is 62.6 cm³/mol. The Balaban J connectivity index is 3.98. The smallest absolute Gasteiger partial charge is 0.225 e. The highest BCUT2D eigenvalue weighted by Crippen LogP contribution is 2.20. The van der Waals surface area contributed by atoms with Crippen LogP contribution in [0.1, 0.15) is 47.0 Å². The standard InChI is InChI=1S/C12H25NO2/c1-5-7-12(3,4)9-13-11(15)10(6-2)8-14/h10,14H,5-9H2,1-4H3,(H,13,15). The number of carbonyl (C=O) groups excluding carboxylic acids is 1. The highest BCUT2D eigenvalue weighted by atomic mass is 16.3. The van der Waals surface area contributed by atoms with Gasteiger partial charge in [0.15, 0.2) is 0 Å². The average Bonchev–Trinajstić information content (AvgIpc) is 2.17. The van der Waals surface area contributed by atoms with Crippen LogP contribution in [0, 0.1) is 11.3 Å². The number of rotatable bonds is 7. The van der Waals surface area contributed by atoms with Crippen molar-refractivity contribution < 1.29 is 9.90 Å². The molecule has 0 rings (SSSR count). The lowest BCUT2D eigenvalue weighted by molar-refractivity contribution is -0.126. The Labute approximate surface area is 93.3 Å². The second-order valence-electron chi connectivity index (χ2n) is 4.92. The van der Waals surface area contributed by atoms with E-state index >= 15 is 0 Å². The summed E-state index contributed by atoms with van der Waals surface area (Å²) >= 11 is 0. The Morgan fingerprint density at radius 2 is 2.00 bits per heavy atom. The first-order valence-corrected chi connectivity index (χ1v) is 5.85. The van der Waals surface area contributed by atoms with Crippen molar-refractivity contribution in [2.45, 2.75) is 47.0 Å². The fourth-order valence-electron chi connectivity index (χ4n) is 1.63. The molecule has 0 aromatic carbocycles. The maximum absolute atomic E-state index is 11.6. The van der Waals surface area contributed by atoms with E-state index in [0.717, 1.165) is 12.8 Å². The van der Waals surface area contributed by atoms with Crippen molar-refractivity contribution in [2.75, 3.05) is 13.2 Å². The fraction of sp³-hybridized carbons (Fsp3) is 0.917. The number of aliphatic hydroxyl groups excluding tert-OH is 1. The molecule has 0 heterocycles. The number of nitrogens with one attached hydrogen (secondary N) is 1. The maximum Gasteiger partial charge on any atom is 0.225 e. The largest absolute Gasteiger partial charge is 0.396 e. The van der Waals surface area contributed by atoms with Gasteiger partial charge in [0.1, 0.15) is 0 Å². The van der Waals surface area contributed by atoms with E-state index in [1.54, 1.807) is 0 Å². The highest BCUT2D eigenvalue weighted by molar-refractivity contribution is 5.78. The lowest BCUT2D eigenvalue weighted by Gasteiger charge is -2.25. The summed E-state index contributed by atoms with van der Waals surface area (Å²) in [7, 11) is 0. The third-order valence-electron chi connectivity index (χ3n) is 2.75. The molecule has 0 saturated heterocycles. The van der Waals surface area contributed by atoms with Gasteiger partial charge in [-0.15, -0.1) is 0 Å². The summed E-state index contributed by atoms with van der Waals surface area (Å²) in [6, 6.07) is 0. The molecule has 3 nitrogen and oxygen atoms in total. The summed E-state index contributed by atoms with van der Waals surface area (Å²) in [5, 5.41) is 11.9. The second kappa shape index (κ2) is 6.83. The van der Waals surface area contributed by atoms with Gasteiger partial charge >= 0.3 is 0 Å². The molecule has 0 spiro atoms. The lowest BCUT2D eigenvalue weighted by Crippen LogP contribution is -2.38. The van der Waals surface area contributed by atoms with Crippen LogP contribution in [0.5, 0.6) is 0 Å². The van der Waals surface area contributed by atoms with E-state index in [9.17, 15) is 4.79 Å². The summed E-state index contributed by atoms with van der Waals surface area (Å²) < 4.78 is 0. The van der Waals surface area contributed by atoms with Gasteiger partial charge in [0.2, 0.25) is 5.91 Å². The van der Waals surface area contributed by atoms with Crippen LogP contribution in [0.3, 0.4) is 0 Å². The molecule has 1 atom stereocenters. The van der Waals surface area contributed by atoms with E-state index in [2.05, 4.69) is 26.1 Å². The van der Waals surface area contributed by atoms with Crippen LogP contribution in [-0.4, -0.2) is 24.2 Å².